The maximum atomic E-state index is 11.3. The van der Waals surface area contributed by atoms with Crippen LogP contribution >= 0.6 is 15.9 Å². The molecular weight excluding hydrogens is 296 g/mol. The van der Waals surface area contributed by atoms with E-state index in [1.165, 1.54) is 0 Å². The van der Waals surface area contributed by atoms with Crippen LogP contribution in [0.4, 0.5) is 0 Å². The van der Waals surface area contributed by atoms with Crippen LogP contribution in [0.5, 0.6) is 5.75 Å². The molecule has 0 aromatic heterocycles. The van der Waals surface area contributed by atoms with E-state index in [1.807, 2.05) is 12.1 Å². The molecule has 0 unspecified atom stereocenters. The molecule has 0 aliphatic heterocycles. The Morgan fingerprint density at radius 2 is 2.17 bits per heavy atom. The van der Waals surface area contributed by atoms with Gasteiger partial charge in [-0.15, -0.1) is 0 Å². The molecule has 1 aromatic rings. The van der Waals surface area contributed by atoms with E-state index in [1.54, 1.807) is 14.2 Å². The highest BCUT2D eigenvalue weighted by molar-refractivity contribution is 9.10. The standard InChI is InChI=1S/C13H19BrN2O2/c1-16(15)13(17)6-4-3-5-10-9-11(14)7-8-12(10)18-2/h7-9H,3-6,15H2,1-2H3. The van der Waals surface area contributed by atoms with Gasteiger partial charge in [-0.1, -0.05) is 15.9 Å². The average Bonchev–Trinajstić information content (AvgIpc) is 2.34. The average molecular weight is 315 g/mol. The Labute approximate surface area is 116 Å². The zero-order valence-electron chi connectivity index (χ0n) is 10.8. The van der Waals surface area contributed by atoms with Crippen molar-refractivity contribution in [1.29, 1.82) is 0 Å². The molecule has 0 saturated heterocycles. The molecule has 1 amide bonds. The van der Waals surface area contributed by atoms with Crippen LogP contribution in [0.15, 0.2) is 22.7 Å². The topological polar surface area (TPSA) is 55.6 Å². The molecule has 0 heterocycles. The number of benzene rings is 1. The van der Waals surface area contributed by atoms with Crippen molar-refractivity contribution in [3.8, 4) is 5.75 Å². The highest BCUT2D eigenvalue weighted by atomic mass is 79.9. The molecule has 0 aliphatic carbocycles. The third kappa shape index (κ3) is 4.66. The predicted octanol–water partition coefficient (Wildman–Crippen LogP) is 2.50. The second-order valence-corrected chi connectivity index (χ2v) is 5.08. The minimum Gasteiger partial charge on any atom is -0.496 e. The summed E-state index contributed by atoms with van der Waals surface area (Å²) in [4.78, 5) is 11.3. The number of aryl methyl sites for hydroxylation is 1. The summed E-state index contributed by atoms with van der Waals surface area (Å²) in [6, 6.07) is 5.95. The second kappa shape index (κ2) is 7.38. The van der Waals surface area contributed by atoms with Gasteiger partial charge in [0.05, 0.1) is 7.11 Å². The number of hydrogen-bond acceptors (Lipinski definition) is 3. The summed E-state index contributed by atoms with van der Waals surface area (Å²) in [5.41, 5.74) is 1.15. The first-order valence-electron chi connectivity index (χ1n) is 5.88. The summed E-state index contributed by atoms with van der Waals surface area (Å²) in [7, 11) is 3.24. The number of amides is 1. The molecule has 100 valence electrons. The molecule has 1 rings (SSSR count). The summed E-state index contributed by atoms with van der Waals surface area (Å²) in [5, 5.41) is 1.14. The van der Waals surface area contributed by atoms with Crippen LogP contribution in [0, 0.1) is 0 Å². The van der Waals surface area contributed by atoms with Gasteiger partial charge in [0.25, 0.3) is 0 Å². The maximum absolute atomic E-state index is 11.3. The Hall–Kier alpha value is -1.07. The van der Waals surface area contributed by atoms with Gasteiger partial charge in [-0.3, -0.25) is 9.80 Å². The molecule has 4 nitrogen and oxygen atoms in total. The summed E-state index contributed by atoms with van der Waals surface area (Å²) < 4.78 is 6.34. The van der Waals surface area contributed by atoms with Crippen LogP contribution in [0.25, 0.3) is 0 Å². The fraction of sp³-hybridized carbons (Fsp3) is 0.462. The lowest BCUT2D eigenvalue weighted by Gasteiger charge is -2.10. The zero-order valence-corrected chi connectivity index (χ0v) is 12.4. The number of methoxy groups -OCH3 is 1. The minimum absolute atomic E-state index is 0.0313. The van der Waals surface area contributed by atoms with Gasteiger partial charge in [0.1, 0.15) is 5.75 Å². The van der Waals surface area contributed by atoms with E-state index < -0.39 is 0 Å². The van der Waals surface area contributed by atoms with Gasteiger partial charge in [0.2, 0.25) is 5.91 Å². The van der Waals surface area contributed by atoms with E-state index in [9.17, 15) is 4.79 Å². The van der Waals surface area contributed by atoms with Crippen LogP contribution in [0.2, 0.25) is 0 Å². The molecule has 0 bridgehead atoms. The van der Waals surface area contributed by atoms with Crippen LogP contribution in [-0.4, -0.2) is 25.1 Å². The van der Waals surface area contributed by atoms with Crippen LogP contribution in [0.3, 0.4) is 0 Å². The number of nitrogens with two attached hydrogens (primary N) is 1. The molecule has 18 heavy (non-hydrogen) atoms. The van der Waals surface area contributed by atoms with Gasteiger partial charge in [-0.25, -0.2) is 5.84 Å². The molecule has 1 aromatic carbocycles. The van der Waals surface area contributed by atoms with E-state index in [2.05, 4.69) is 22.0 Å². The molecule has 0 atom stereocenters. The van der Waals surface area contributed by atoms with Crippen molar-refractivity contribution >= 4 is 21.8 Å². The minimum atomic E-state index is -0.0313. The summed E-state index contributed by atoms with van der Waals surface area (Å²) in [6.07, 6.45) is 3.15. The number of ether oxygens (including phenoxy) is 1. The first-order valence-corrected chi connectivity index (χ1v) is 6.67. The summed E-state index contributed by atoms with van der Waals surface area (Å²) in [6.45, 7) is 0. The Morgan fingerprint density at radius 1 is 1.44 bits per heavy atom. The lowest BCUT2D eigenvalue weighted by atomic mass is 10.1. The molecule has 0 radical (unpaired) electrons. The van der Waals surface area contributed by atoms with Crippen LogP contribution in [0.1, 0.15) is 24.8 Å². The van der Waals surface area contributed by atoms with Gasteiger partial charge in [-0.05, 0) is 43.0 Å². The molecule has 5 heteroatoms. The quantitative estimate of drug-likeness (QED) is 0.380. The maximum Gasteiger partial charge on any atom is 0.236 e. The highest BCUT2D eigenvalue weighted by Crippen LogP contribution is 2.24. The van der Waals surface area contributed by atoms with E-state index in [0.717, 1.165) is 40.1 Å². The second-order valence-electron chi connectivity index (χ2n) is 4.17. The van der Waals surface area contributed by atoms with Gasteiger partial charge in [0, 0.05) is 17.9 Å². The number of halogens is 1. The van der Waals surface area contributed by atoms with Gasteiger partial charge >= 0.3 is 0 Å². The van der Waals surface area contributed by atoms with E-state index in [4.69, 9.17) is 10.6 Å². The lowest BCUT2D eigenvalue weighted by Crippen LogP contribution is -2.32. The van der Waals surface area contributed by atoms with E-state index >= 15 is 0 Å². The predicted molar refractivity (Wildman–Crippen MR) is 75.2 cm³/mol. The summed E-state index contributed by atoms with van der Waals surface area (Å²) in [5.74, 6) is 6.21. The normalized spacial score (nSPS) is 10.2. The van der Waals surface area contributed by atoms with Crippen LogP contribution in [-0.2, 0) is 11.2 Å². The summed E-state index contributed by atoms with van der Waals surface area (Å²) >= 11 is 3.44. The molecule has 0 aliphatic rings. The molecule has 0 spiro atoms. The van der Waals surface area contributed by atoms with E-state index in [0.29, 0.717) is 6.42 Å². The van der Waals surface area contributed by atoms with Crippen molar-refractivity contribution in [2.24, 2.45) is 5.84 Å². The monoisotopic (exact) mass is 314 g/mol. The number of unbranched alkanes of at least 4 members (excludes halogenated alkanes) is 1. The third-order valence-electron chi connectivity index (χ3n) is 2.72. The van der Waals surface area contributed by atoms with Crippen molar-refractivity contribution in [2.75, 3.05) is 14.2 Å². The highest BCUT2D eigenvalue weighted by Gasteiger charge is 2.06. The Balaban J connectivity index is 2.44. The van der Waals surface area contributed by atoms with Crippen molar-refractivity contribution in [2.45, 2.75) is 25.7 Å². The Kier molecular flexibility index (Phi) is 6.15. The smallest absolute Gasteiger partial charge is 0.236 e. The molecule has 2 N–H and O–H groups in total. The third-order valence-corrected chi connectivity index (χ3v) is 3.22. The van der Waals surface area contributed by atoms with Crippen molar-refractivity contribution in [3.63, 3.8) is 0 Å². The number of rotatable bonds is 6. The largest absolute Gasteiger partial charge is 0.496 e. The van der Waals surface area contributed by atoms with Crippen molar-refractivity contribution in [1.82, 2.24) is 5.01 Å². The van der Waals surface area contributed by atoms with Crippen molar-refractivity contribution in [3.05, 3.63) is 28.2 Å². The Morgan fingerprint density at radius 3 is 2.78 bits per heavy atom. The van der Waals surface area contributed by atoms with Crippen molar-refractivity contribution < 1.29 is 9.53 Å². The SMILES string of the molecule is COc1ccc(Br)cc1CCCCC(=O)N(C)N. The zero-order chi connectivity index (χ0) is 13.5. The number of hydrogen-bond donors (Lipinski definition) is 1. The lowest BCUT2D eigenvalue weighted by molar-refractivity contribution is -0.130. The van der Waals surface area contributed by atoms with Gasteiger partial charge in [-0.2, -0.15) is 0 Å². The fourth-order valence-corrected chi connectivity index (χ4v) is 2.12. The first-order chi connectivity index (χ1) is 8.54. The van der Waals surface area contributed by atoms with Gasteiger partial charge in [0.15, 0.2) is 0 Å². The number of carbonyl (C=O) groups excluding carboxylic acids is 1. The Bertz CT molecular complexity index is 408. The number of hydrazine groups is 1. The van der Waals surface area contributed by atoms with Crippen LogP contribution < -0.4 is 10.6 Å². The van der Waals surface area contributed by atoms with E-state index in [-0.39, 0.29) is 5.91 Å². The molecular formula is C13H19BrN2O2. The first kappa shape index (κ1) is 15.0. The molecule has 0 saturated carbocycles. The fourth-order valence-electron chi connectivity index (χ4n) is 1.71. The number of carbonyl (C=O) groups is 1. The number of nitrogens with zero attached hydrogens (tertiary/aromatic N) is 1. The molecule has 0 fully saturated rings. The van der Waals surface area contributed by atoms with Gasteiger partial charge < -0.3 is 4.74 Å².